The van der Waals surface area contributed by atoms with Crippen LogP contribution in [0.4, 0.5) is 5.69 Å². The second-order valence-electron chi connectivity index (χ2n) is 6.28. The van der Waals surface area contributed by atoms with Crippen LogP contribution in [0.1, 0.15) is 70.3 Å². The molecule has 3 rings (SSSR count). The first kappa shape index (κ1) is 13.7. The first-order valence-corrected chi connectivity index (χ1v) is 8.44. The number of hydrogen-bond donors (Lipinski definition) is 0. The molecule has 0 saturated heterocycles. The third-order valence-electron chi connectivity index (χ3n) is 4.80. The summed E-state index contributed by atoms with van der Waals surface area (Å²) in [5.74, 6) is 0.781. The molecule has 1 heteroatoms. The van der Waals surface area contributed by atoms with Gasteiger partial charge in [0.1, 0.15) is 0 Å². The minimum absolute atomic E-state index is 0.781. The molecule has 1 aromatic rings. The Bertz CT molecular complexity index is 486. The highest BCUT2D eigenvalue weighted by molar-refractivity contribution is 5.84. The zero-order valence-corrected chi connectivity index (χ0v) is 12.7. The van der Waals surface area contributed by atoms with Gasteiger partial charge < -0.3 is 0 Å². The quantitative estimate of drug-likeness (QED) is 0.554. The predicted molar refractivity (Wildman–Crippen MR) is 85.9 cm³/mol. The van der Waals surface area contributed by atoms with Crippen LogP contribution in [-0.2, 0) is 0 Å². The highest BCUT2D eigenvalue weighted by Crippen LogP contribution is 2.48. The molecule has 20 heavy (non-hydrogen) atoms. The van der Waals surface area contributed by atoms with Crippen molar-refractivity contribution < 1.29 is 0 Å². The first-order valence-electron chi connectivity index (χ1n) is 8.44. The molecule has 0 spiro atoms. The molecular weight excluding hydrogens is 242 g/mol. The number of unbranched alkanes of at least 4 members (excludes halogenated alkanes) is 5. The van der Waals surface area contributed by atoms with Gasteiger partial charge >= 0.3 is 0 Å². The maximum absolute atomic E-state index is 4.81. The molecule has 1 heterocycles. The fraction of sp³-hybridized carbons (Fsp3) is 0.579. The smallest absolute Gasteiger partial charge is 0.0708 e. The number of para-hydroxylation sites is 1. The number of rotatable bonds is 7. The van der Waals surface area contributed by atoms with E-state index in [1.165, 1.54) is 74.7 Å². The minimum atomic E-state index is 0.781. The van der Waals surface area contributed by atoms with Crippen LogP contribution in [0.5, 0.6) is 0 Å². The summed E-state index contributed by atoms with van der Waals surface area (Å²) in [6.45, 7) is 2.29. The van der Waals surface area contributed by atoms with Crippen molar-refractivity contribution in [1.29, 1.82) is 0 Å². The van der Waals surface area contributed by atoms with E-state index >= 15 is 0 Å². The van der Waals surface area contributed by atoms with Crippen LogP contribution in [0.3, 0.4) is 0 Å². The molecule has 0 aromatic heterocycles. The Morgan fingerprint density at radius 1 is 1.05 bits per heavy atom. The number of nitrogens with zero attached hydrogens (tertiary/aromatic N) is 1. The summed E-state index contributed by atoms with van der Waals surface area (Å²) in [5, 5.41) is 4.81. The molecule has 0 N–H and O–H groups in total. The Morgan fingerprint density at radius 3 is 2.75 bits per heavy atom. The Balaban J connectivity index is 1.52. The van der Waals surface area contributed by atoms with Crippen LogP contribution in [0, 0.1) is 5.92 Å². The summed E-state index contributed by atoms with van der Waals surface area (Å²) in [6.07, 6.45) is 12.3. The molecule has 1 radical (unpaired) electrons. The molecule has 0 bridgehead atoms. The molecule has 1 unspecified atom stereocenters. The third-order valence-corrected chi connectivity index (χ3v) is 4.80. The molecule has 1 aliphatic carbocycles. The molecule has 1 aromatic carbocycles. The van der Waals surface area contributed by atoms with Gasteiger partial charge in [-0.15, -0.1) is 0 Å². The summed E-state index contributed by atoms with van der Waals surface area (Å²) >= 11 is 0. The van der Waals surface area contributed by atoms with E-state index in [9.17, 15) is 0 Å². The maximum atomic E-state index is 4.81. The van der Waals surface area contributed by atoms with Crippen molar-refractivity contribution in [3.63, 3.8) is 0 Å². The standard InChI is InChI=1S/C19H26N/c1-2-3-4-5-6-7-10-15-13-14-18-19(15)16-11-8-9-12-17(16)20-18/h8-9,11-12,15H,2-7,10,13-14H2,1H3. The van der Waals surface area contributed by atoms with Crippen LogP contribution in [-0.4, -0.2) is 0 Å². The van der Waals surface area contributed by atoms with Crippen molar-refractivity contribution in [2.45, 2.75) is 64.7 Å². The molecule has 1 aliphatic heterocycles. The Hall–Kier alpha value is -1.24. The van der Waals surface area contributed by atoms with Crippen LogP contribution < -0.4 is 5.32 Å². The van der Waals surface area contributed by atoms with E-state index in [0.717, 1.165) is 5.92 Å². The van der Waals surface area contributed by atoms with E-state index in [1.807, 2.05) is 0 Å². The van der Waals surface area contributed by atoms with E-state index in [0.29, 0.717) is 0 Å². The van der Waals surface area contributed by atoms with Crippen molar-refractivity contribution in [3.05, 3.63) is 35.5 Å². The highest BCUT2D eigenvalue weighted by Gasteiger charge is 2.33. The van der Waals surface area contributed by atoms with Crippen LogP contribution >= 0.6 is 0 Å². The second kappa shape index (κ2) is 6.47. The van der Waals surface area contributed by atoms with Crippen molar-refractivity contribution in [1.82, 2.24) is 5.32 Å². The second-order valence-corrected chi connectivity index (χ2v) is 6.28. The predicted octanol–water partition coefficient (Wildman–Crippen LogP) is 5.81. The minimum Gasteiger partial charge on any atom is -0.253 e. The van der Waals surface area contributed by atoms with Crippen molar-refractivity contribution >= 4 is 11.3 Å². The lowest BCUT2D eigenvalue weighted by atomic mass is 9.90. The lowest BCUT2D eigenvalue weighted by molar-refractivity contribution is 0.518. The molecule has 0 saturated carbocycles. The largest absolute Gasteiger partial charge is 0.253 e. The number of benzene rings is 1. The summed E-state index contributed by atoms with van der Waals surface area (Å²) in [4.78, 5) is 0. The van der Waals surface area contributed by atoms with Gasteiger partial charge in [-0.2, -0.15) is 0 Å². The van der Waals surface area contributed by atoms with Crippen molar-refractivity contribution in [3.8, 4) is 0 Å². The summed E-state index contributed by atoms with van der Waals surface area (Å²) in [6, 6.07) is 8.69. The number of hydrogen-bond acceptors (Lipinski definition) is 0. The van der Waals surface area contributed by atoms with Crippen molar-refractivity contribution in [2.75, 3.05) is 0 Å². The number of allylic oxidation sites excluding steroid dienone is 2. The Labute approximate surface area is 123 Å². The number of fused-ring (bicyclic) bond motifs is 2. The van der Waals surface area contributed by atoms with E-state index in [4.69, 9.17) is 5.32 Å². The third kappa shape index (κ3) is 2.77. The fourth-order valence-corrected chi connectivity index (χ4v) is 3.72. The molecular formula is C19H26N. The zero-order valence-electron chi connectivity index (χ0n) is 12.7. The maximum Gasteiger partial charge on any atom is 0.0708 e. The summed E-state index contributed by atoms with van der Waals surface area (Å²) < 4.78 is 0. The van der Waals surface area contributed by atoms with E-state index in [2.05, 4.69) is 31.2 Å². The van der Waals surface area contributed by atoms with Gasteiger partial charge in [-0.3, -0.25) is 5.32 Å². The van der Waals surface area contributed by atoms with Crippen LogP contribution in [0.2, 0.25) is 0 Å². The van der Waals surface area contributed by atoms with Gasteiger partial charge in [-0.05, 0) is 36.8 Å². The van der Waals surface area contributed by atoms with E-state index in [1.54, 1.807) is 5.57 Å². The zero-order chi connectivity index (χ0) is 13.8. The normalized spacial score (nSPS) is 19.9. The van der Waals surface area contributed by atoms with E-state index in [-0.39, 0.29) is 0 Å². The van der Waals surface area contributed by atoms with Gasteiger partial charge in [0.2, 0.25) is 0 Å². The van der Waals surface area contributed by atoms with Crippen LogP contribution in [0.15, 0.2) is 30.0 Å². The van der Waals surface area contributed by atoms with Crippen molar-refractivity contribution in [2.24, 2.45) is 5.92 Å². The van der Waals surface area contributed by atoms with Gasteiger partial charge in [0.25, 0.3) is 0 Å². The first-order chi connectivity index (χ1) is 9.90. The monoisotopic (exact) mass is 268 g/mol. The average Bonchev–Trinajstić information content (AvgIpc) is 3.02. The molecule has 1 atom stereocenters. The topological polar surface area (TPSA) is 14.1 Å². The Kier molecular flexibility index (Phi) is 4.44. The summed E-state index contributed by atoms with van der Waals surface area (Å²) in [7, 11) is 0. The molecule has 1 nitrogen and oxygen atoms in total. The van der Waals surface area contributed by atoms with Gasteiger partial charge in [0, 0.05) is 11.3 Å². The fourth-order valence-electron chi connectivity index (χ4n) is 3.72. The Morgan fingerprint density at radius 2 is 1.85 bits per heavy atom. The lowest BCUT2D eigenvalue weighted by Crippen LogP contribution is -1.99. The average molecular weight is 268 g/mol. The molecule has 2 aliphatic rings. The van der Waals surface area contributed by atoms with Gasteiger partial charge in [0.05, 0.1) is 5.69 Å². The highest BCUT2D eigenvalue weighted by atomic mass is 14.9. The molecule has 107 valence electrons. The lowest BCUT2D eigenvalue weighted by Gasteiger charge is -2.14. The van der Waals surface area contributed by atoms with Gasteiger partial charge in [-0.25, -0.2) is 0 Å². The SMILES string of the molecule is CCCCCCCCC1CCC2=C1c1ccccc1[N]2. The molecule has 0 amide bonds. The van der Waals surface area contributed by atoms with Gasteiger partial charge in [0.15, 0.2) is 0 Å². The van der Waals surface area contributed by atoms with E-state index < -0.39 is 0 Å². The summed E-state index contributed by atoms with van der Waals surface area (Å²) in [5.41, 5.74) is 5.62. The van der Waals surface area contributed by atoms with Gasteiger partial charge in [-0.1, -0.05) is 63.6 Å². The molecule has 0 fully saturated rings. The van der Waals surface area contributed by atoms with Crippen LogP contribution in [0.25, 0.3) is 5.57 Å².